The first kappa shape index (κ1) is 14.1. The van der Waals surface area contributed by atoms with E-state index in [0.717, 1.165) is 26.0 Å². The van der Waals surface area contributed by atoms with Crippen molar-refractivity contribution in [3.63, 3.8) is 0 Å². The molecule has 1 atom stereocenters. The minimum atomic E-state index is -0.942. The third kappa shape index (κ3) is 4.08. The van der Waals surface area contributed by atoms with E-state index in [2.05, 4.69) is 5.32 Å². The van der Waals surface area contributed by atoms with Crippen LogP contribution >= 0.6 is 0 Å². The quantitative estimate of drug-likeness (QED) is 0.774. The number of hydrogen-bond donors (Lipinski definition) is 2. The molecule has 0 saturated carbocycles. The average Bonchev–Trinajstić information content (AvgIpc) is 2.77. The number of carboxylic acid groups (broad SMARTS) is 1. The third-order valence-electron chi connectivity index (χ3n) is 3.42. The first-order chi connectivity index (χ1) is 9.16. The zero-order valence-electron chi connectivity index (χ0n) is 11.3. The molecule has 1 unspecified atom stereocenters. The van der Waals surface area contributed by atoms with Gasteiger partial charge in [0.15, 0.2) is 0 Å². The second-order valence-electron chi connectivity index (χ2n) is 4.94. The molecule has 5 heteroatoms. The van der Waals surface area contributed by atoms with E-state index in [9.17, 15) is 4.79 Å². The predicted molar refractivity (Wildman–Crippen MR) is 70.3 cm³/mol. The van der Waals surface area contributed by atoms with Gasteiger partial charge in [0.2, 0.25) is 0 Å². The summed E-state index contributed by atoms with van der Waals surface area (Å²) >= 11 is 0. The number of rotatable bonds is 6. The highest BCUT2D eigenvalue weighted by atomic mass is 16.5. The van der Waals surface area contributed by atoms with Crippen LogP contribution < -0.4 is 5.32 Å². The standard InChI is InChI=1S/C14H21NO4/c1-10-13(14(16)17)8-12(19-10)9-15-6-5-11-4-2-3-7-18-11/h8,11,15H,2-7,9H2,1H3,(H,16,17). The molecule has 1 aliphatic heterocycles. The monoisotopic (exact) mass is 267 g/mol. The van der Waals surface area contributed by atoms with Gasteiger partial charge in [-0.1, -0.05) is 0 Å². The van der Waals surface area contributed by atoms with Crippen LogP contribution in [0.5, 0.6) is 0 Å². The van der Waals surface area contributed by atoms with Crippen molar-refractivity contribution in [3.05, 3.63) is 23.2 Å². The maximum atomic E-state index is 10.9. The topological polar surface area (TPSA) is 71.7 Å². The summed E-state index contributed by atoms with van der Waals surface area (Å²) in [6.07, 6.45) is 4.93. The number of nitrogens with one attached hydrogen (secondary N) is 1. The van der Waals surface area contributed by atoms with Crippen LogP contribution in [0, 0.1) is 6.92 Å². The molecule has 0 radical (unpaired) electrons. The summed E-state index contributed by atoms with van der Waals surface area (Å²) in [5.74, 6) is 0.183. The molecule has 1 aliphatic rings. The van der Waals surface area contributed by atoms with Crippen molar-refractivity contribution >= 4 is 5.97 Å². The summed E-state index contributed by atoms with van der Waals surface area (Å²) in [5.41, 5.74) is 0.243. The van der Waals surface area contributed by atoms with E-state index in [-0.39, 0.29) is 5.56 Å². The third-order valence-corrected chi connectivity index (χ3v) is 3.42. The molecular formula is C14H21NO4. The lowest BCUT2D eigenvalue weighted by Crippen LogP contribution is -2.25. The average molecular weight is 267 g/mol. The lowest BCUT2D eigenvalue weighted by atomic mass is 10.1. The number of carboxylic acids is 1. The molecule has 5 nitrogen and oxygen atoms in total. The van der Waals surface area contributed by atoms with Crippen molar-refractivity contribution in [1.29, 1.82) is 0 Å². The van der Waals surface area contributed by atoms with E-state index in [1.165, 1.54) is 12.8 Å². The Morgan fingerprint density at radius 1 is 1.53 bits per heavy atom. The molecule has 1 aromatic rings. The lowest BCUT2D eigenvalue weighted by Gasteiger charge is -2.22. The van der Waals surface area contributed by atoms with Crippen LogP contribution in [0.2, 0.25) is 0 Å². The molecule has 0 aromatic carbocycles. The molecule has 1 saturated heterocycles. The van der Waals surface area contributed by atoms with Crippen molar-refractivity contribution in [1.82, 2.24) is 5.32 Å². The van der Waals surface area contributed by atoms with Gasteiger partial charge in [-0.05, 0) is 45.2 Å². The predicted octanol–water partition coefficient (Wildman–Crippen LogP) is 2.34. The highest BCUT2D eigenvalue weighted by Gasteiger charge is 2.15. The Balaban J connectivity index is 1.70. The largest absolute Gasteiger partial charge is 0.478 e. The number of aryl methyl sites for hydroxylation is 1. The minimum absolute atomic E-state index is 0.243. The van der Waals surface area contributed by atoms with Crippen LogP contribution in [0.4, 0.5) is 0 Å². The summed E-state index contributed by atoms with van der Waals surface area (Å²) in [5, 5.41) is 12.2. The van der Waals surface area contributed by atoms with Gasteiger partial charge >= 0.3 is 5.97 Å². The van der Waals surface area contributed by atoms with Gasteiger partial charge in [-0.2, -0.15) is 0 Å². The highest BCUT2D eigenvalue weighted by Crippen LogP contribution is 2.16. The van der Waals surface area contributed by atoms with Crippen LogP contribution in [0.1, 0.15) is 47.6 Å². The van der Waals surface area contributed by atoms with Crippen LogP contribution in [-0.4, -0.2) is 30.3 Å². The SMILES string of the molecule is Cc1oc(CNCCC2CCCCO2)cc1C(=O)O. The summed E-state index contributed by atoms with van der Waals surface area (Å²) < 4.78 is 11.0. The van der Waals surface area contributed by atoms with E-state index in [4.69, 9.17) is 14.3 Å². The highest BCUT2D eigenvalue weighted by molar-refractivity contribution is 5.88. The number of aromatic carboxylic acids is 1. The number of carbonyl (C=O) groups is 1. The Morgan fingerprint density at radius 2 is 2.37 bits per heavy atom. The molecule has 19 heavy (non-hydrogen) atoms. The fraction of sp³-hybridized carbons (Fsp3) is 0.643. The van der Waals surface area contributed by atoms with Gasteiger partial charge in [0, 0.05) is 6.61 Å². The molecule has 0 spiro atoms. The van der Waals surface area contributed by atoms with Gasteiger partial charge < -0.3 is 19.6 Å². The molecule has 2 N–H and O–H groups in total. The first-order valence-corrected chi connectivity index (χ1v) is 6.81. The van der Waals surface area contributed by atoms with Crippen molar-refractivity contribution in [2.45, 2.75) is 45.3 Å². The van der Waals surface area contributed by atoms with Gasteiger partial charge in [0.1, 0.15) is 17.1 Å². The van der Waals surface area contributed by atoms with Gasteiger partial charge in [-0.15, -0.1) is 0 Å². The number of hydrogen-bond acceptors (Lipinski definition) is 4. The van der Waals surface area contributed by atoms with E-state index in [1.54, 1.807) is 13.0 Å². The molecule has 1 aromatic heterocycles. The lowest BCUT2D eigenvalue weighted by molar-refractivity contribution is 0.0115. The molecule has 106 valence electrons. The minimum Gasteiger partial charge on any atom is -0.478 e. The van der Waals surface area contributed by atoms with Crippen molar-refractivity contribution in [3.8, 4) is 0 Å². The zero-order valence-corrected chi connectivity index (χ0v) is 11.3. The molecular weight excluding hydrogens is 246 g/mol. The second-order valence-corrected chi connectivity index (χ2v) is 4.94. The Hall–Kier alpha value is -1.33. The summed E-state index contributed by atoms with van der Waals surface area (Å²) in [7, 11) is 0. The summed E-state index contributed by atoms with van der Waals surface area (Å²) in [6.45, 7) is 3.96. The maximum Gasteiger partial charge on any atom is 0.339 e. The number of ether oxygens (including phenoxy) is 1. The van der Waals surface area contributed by atoms with Crippen LogP contribution in [0.3, 0.4) is 0 Å². The first-order valence-electron chi connectivity index (χ1n) is 6.81. The van der Waals surface area contributed by atoms with Crippen molar-refractivity contribution in [2.75, 3.05) is 13.2 Å². The molecule has 2 rings (SSSR count). The molecule has 0 bridgehead atoms. The normalized spacial score (nSPS) is 19.5. The van der Waals surface area contributed by atoms with Crippen LogP contribution in [-0.2, 0) is 11.3 Å². The Labute approximate surface area is 112 Å². The van der Waals surface area contributed by atoms with Crippen LogP contribution in [0.15, 0.2) is 10.5 Å². The fourth-order valence-corrected chi connectivity index (χ4v) is 2.35. The molecule has 0 aliphatic carbocycles. The zero-order chi connectivity index (χ0) is 13.7. The Bertz CT molecular complexity index is 421. The molecule has 2 heterocycles. The van der Waals surface area contributed by atoms with E-state index < -0.39 is 5.97 Å². The van der Waals surface area contributed by atoms with Gasteiger partial charge in [0.05, 0.1) is 12.6 Å². The molecule has 0 amide bonds. The van der Waals surface area contributed by atoms with E-state index in [0.29, 0.717) is 24.2 Å². The Morgan fingerprint density at radius 3 is 3.00 bits per heavy atom. The Kier molecular flexibility index (Phi) is 4.99. The maximum absolute atomic E-state index is 10.9. The van der Waals surface area contributed by atoms with Gasteiger partial charge in [-0.25, -0.2) is 4.79 Å². The number of furan rings is 1. The smallest absolute Gasteiger partial charge is 0.339 e. The van der Waals surface area contributed by atoms with Crippen molar-refractivity contribution in [2.24, 2.45) is 0 Å². The van der Waals surface area contributed by atoms with E-state index in [1.807, 2.05) is 0 Å². The van der Waals surface area contributed by atoms with Gasteiger partial charge in [-0.3, -0.25) is 0 Å². The fourth-order valence-electron chi connectivity index (χ4n) is 2.35. The summed E-state index contributed by atoms with van der Waals surface area (Å²) in [4.78, 5) is 10.9. The summed E-state index contributed by atoms with van der Waals surface area (Å²) in [6, 6.07) is 1.59. The van der Waals surface area contributed by atoms with E-state index >= 15 is 0 Å². The second kappa shape index (κ2) is 6.73. The van der Waals surface area contributed by atoms with Gasteiger partial charge in [0.25, 0.3) is 0 Å². The van der Waals surface area contributed by atoms with Crippen LogP contribution in [0.25, 0.3) is 0 Å². The van der Waals surface area contributed by atoms with Crippen molar-refractivity contribution < 1.29 is 19.1 Å². The molecule has 1 fully saturated rings.